The summed E-state index contributed by atoms with van der Waals surface area (Å²) in [6, 6.07) is 2.40. The van der Waals surface area contributed by atoms with Crippen LogP contribution < -0.4 is 5.43 Å². The summed E-state index contributed by atoms with van der Waals surface area (Å²) < 4.78 is 26.9. The van der Waals surface area contributed by atoms with E-state index >= 15 is 0 Å². The van der Waals surface area contributed by atoms with Gasteiger partial charge in [0.1, 0.15) is 11.4 Å². The molecule has 1 aromatic carbocycles. The van der Waals surface area contributed by atoms with Crippen LogP contribution in [0.5, 0.6) is 0 Å². The summed E-state index contributed by atoms with van der Waals surface area (Å²) >= 11 is 0. The Hall–Kier alpha value is -2.28. The highest BCUT2D eigenvalue weighted by atomic mass is 19.3. The molecule has 0 saturated heterocycles. The first-order valence-electron chi connectivity index (χ1n) is 8.18. The quantitative estimate of drug-likeness (QED) is 0.904. The number of fused-ring (bicyclic) bond motifs is 1. The van der Waals surface area contributed by atoms with Gasteiger partial charge in [-0.15, -0.1) is 0 Å². The van der Waals surface area contributed by atoms with Gasteiger partial charge >= 0.3 is 5.97 Å². The highest BCUT2D eigenvalue weighted by molar-refractivity contribution is 5.93. The summed E-state index contributed by atoms with van der Waals surface area (Å²) in [5, 5.41) is 9.03. The van der Waals surface area contributed by atoms with Crippen molar-refractivity contribution in [3.8, 4) is 0 Å². The van der Waals surface area contributed by atoms with Crippen LogP contribution in [0.15, 0.2) is 23.1 Å². The maximum absolute atomic E-state index is 13.6. The van der Waals surface area contributed by atoms with Gasteiger partial charge in [0, 0.05) is 22.7 Å². The third-order valence-electron chi connectivity index (χ3n) is 2.99. The molecule has 1 heterocycles. The zero-order valence-corrected chi connectivity index (χ0v) is 15.2. The van der Waals surface area contributed by atoms with Gasteiger partial charge in [-0.05, 0) is 24.6 Å². The normalized spacial score (nSPS) is 9.60. The van der Waals surface area contributed by atoms with E-state index in [4.69, 9.17) is 5.11 Å². The molecule has 5 nitrogen and oxygen atoms in total. The van der Waals surface area contributed by atoms with Gasteiger partial charge in [0.25, 0.3) is 0 Å². The SMILES string of the molecule is CC.CCC.Cc1cc2c(=O)c(C(=O)OF)cn(CCO)c2cc1F. The van der Waals surface area contributed by atoms with Crippen molar-refractivity contribution < 1.29 is 23.8 Å². The molecule has 140 valence electrons. The van der Waals surface area contributed by atoms with Crippen molar-refractivity contribution in [3.63, 3.8) is 0 Å². The minimum Gasteiger partial charge on any atom is -0.395 e. The molecule has 0 radical (unpaired) electrons. The lowest BCUT2D eigenvalue weighted by atomic mass is 10.1. The minimum atomic E-state index is -1.43. The molecule has 0 aliphatic heterocycles. The van der Waals surface area contributed by atoms with Gasteiger partial charge in [-0.25, -0.2) is 14.1 Å². The third-order valence-corrected chi connectivity index (χ3v) is 2.99. The van der Waals surface area contributed by atoms with E-state index in [-0.39, 0.29) is 29.6 Å². The van der Waals surface area contributed by atoms with Gasteiger partial charge in [0.2, 0.25) is 5.43 Å². The Morgan fingerprint density at radius 2 is 1.84 bits per heavy atom. The molecule has 0 saturated carbocycles. The van der Waals surface area contributed by atoms with Crippen LogP contribution in [0.2, 0.25) is 0 Å². The average molecular weight is 357 g/mol. The Kier molecular flexibility index (Phi) is 10.3. The molecule has 25 heavy (non-hydrogen) atoms. The molecule has 7 heteroatoms. The van der Waals surface area contributed by atoms with Gasteiger partial charge in [0.05, 0.1) is 12.1 Å². The molecule has 1 aromatic heterocycles. The fourth-order valence-electron chi connectivity index (χ4n) is 2.00. The first-order valence-corrected chi connectivity index (χ1v) is 8.18. The van der Waals surface area contributed by atoms with Crippen LogP contribution in [0.3, 0.4) is 0 Å². The molecule has 0 unspecified atom stereocenters. The molecule has 1 N–H and O–H groups in total. The highest BCUT2D eigenvalue weighted by Crippen LogP contribution is 2.17. The molecule has 0 aliphatic carbocycles. The molecule has 0 bridgehead atoms. The van der Waals surface area contributed by atoms with E-state index in [0.29, 0.717) is 0 Å². The van der Waals surface area contributed by atoms with Gasteiger partial charge in [-0.3, -0.25) is 4.79 Å². The molecule has 2 rings (SSSR count). The summed E-state index contributed by atoms with van der Waals surface area (Å²) in [5.74, 6) is -1.95. The number of aliphatic hydroxyl groups excluding tert-OH is 1. The van der Waals surface area contributed by atoms with Gasteiger partial charge in [-0.2, -0.15) is 0 Å². The summed E-state index contributed by atoms with van der Waals surface area (Å²) in [6.07, 6.45) is 2.29. The predicted molar refractivity (Wildman–Crippen MR) is 93.8 cm³/mol. The van der Waals surface area contributed by atoms with Crippen molar-refractivity contribution in [2.75, 3.05) is 6.61 Å². The number of hydrogen-bond acceptors (Lipinski definition) is 4. The molecular weight excluding hydrogens is 332 g/mol. The summed E-state index contributed by atoms with van der Waals surface area (Å²) in [6.45, 7) is 9.44. The minimum absolute atomic E-state index is 0.0197. The van der Waals surface area contributed by atoms with E-state index < -0.39 is 22.8 Å². The van der Waals surface area contributed by atoms with Crippen molar-refractivity contribution in [2.24, 2.45) is 0 Å². The second kappa shape index (κ2) is 11.3. The van der Waals surface area contributed by atoms with Crippen molar-refractivity contribution in [1.82, 2.24) is 4.57 Å². The number of aliphatic hydroxyl groups is 1. The number of halogens is 2. The van der Waals surface area contributed by atoms with Crippen LogP contribution in [-0.2, 0) is 11.5 Å². The van der Waals surface area contributed by atoms with E-state index in [0.717, 1.165) is 12.3 Å². The van der Waals surface area contributed by atoms with Crippen LogP contribution in [0.1, 0.15) is 50.0 Å². The van der Waals surface area contributed by atoms with Crippen LogP contribution in [-0.4, -0.2) is 22.2 Å². The van der Waals surface area contributed by atoms with Crippen molar-refractivity contribution >= 4 is 16.9 Å². The monoisotopic (exact) mass is 357 g/mol. The number of nitrogens with zero attached hydrogens (tertiary/aromatic N) is 1. The second-order valence-corrected chi connectivity index (χ2v) is 4.98. The zero-order valence-electron chi connectivity index (χ0n) is 15.2. The molecule has 0 aliphatic rings. The smallest absolute Gasteiger partial charge is 0.384 e. The van der Waals surface area contributed by atoms with Crippen LogP contribution in [0.25, 0.3) is 10.9 Å². The molecule has 0 spiro atoms. The van der Waals surface area contributed by atoms with E-state index in [1.165, 1.54) is 24.0 Å². The molecule has 0 fully saturated rings. The number of carbonyl (C=O) groups is 1. The average Bonchev–Trinajstić information content (AvgIpc) is 2.61. The van der Waals surface area contributed by atoms with E-state index in [1.807, 2.05) is 13.8 Å². The lowest BCUT2D eigenvalue weighted by Crippen LogP contribution is -2.20. The Morgan fingerprint density at radius 3 is 2.32 bits per heavy atom. The summed E-state index contributed by atoms with van der Waals surface area (Å²) in [4.78, 5) is 26.4. The maximum atomic E-state index is 13.6. The van der Waals surface area contributed by atoms with E-state index in [2.05, 4.69) is 18.8 Å². The number of pyridine rings is 1. The number of aromatic nitrogens is 1. The van der Waals surface area contributed by atoms with Crippen LogP contribution in [0.4, 0.5) is 8.92 Å². The Bertz CT molecular complexity index is 757. The summed E-state index contributed by atoms with van der Waals surface area (Å²) in [5.41, 5.74) is -0.835. The van der Waals surface area contributed by atoms with Crippen LogP contribution in [0, 0.1) is 12.7 Å². The van der Waals surface area contributed by atoms with Gasteiger partial charge < -0.3 is 9.67 Å². The lowest BCUT2D eigenvalue weighted by Gasteiger charge is -2.12. The predicted octanol–water partition coefficient (Wildman–Crippen LogP) is 3.93. The van der Waals surface area contributed by atoms with Crippen molar-refractivity contribution in [3.05, 3.63) is 45.5 Å². The highest BCUT2D eigenvalue weighted by Gasteiger charge is 2.18. The first kappa shape index (κ1) is 22.7. The summed E-state index contributed by atoms with van der Waals surface area (Å²) in [7, 11) is 0. The van der Waals surface area contributed by atoms with Gasteiger partial charge in [-0.1, -0.05) is 34.1 Å². The molecule has 0 amide bonds. The standard InChI is InChI=1S/C13H11F2NO4.C3H8.C2H6/c1-7-4-8-11(5-10(7)14)16(2-3-17)6-9(12(8)18)13(19)20-15;1-3-2;1-2/h4-6,17H,2-3H2,1H3;3H2,1-2H3;1-2H3. The van der Waals surface area contributed by atoms with Crippen LogP contribution >= 0.6 is 0 Å². The Labute approximate surface area is 145 Å². The Morgan fingerprint density at radius 1 is 1.28 bits per heavy atom. The molecule has 0 atom stereocenters. The van der Waals surface area contributed by atoms with E-state index in [1.54, 1.807) is 0 Å². The first-order chi connectivity index (χ1) is 11.9. The lowest BCUT2D eigenvalue weighted by molar-refractivity contribution is -0.0789. The Balaban J connectivity index is 0.00000104. The van der Waals surface area contributed by atoms with Gasteiger partial charge in [0.15, 0.2) is 0 Å². The number of hydrogen-bond donors (Lipinski definition) is 1. The fourth-order valence-corrected chi connectivity index (χ4v) is 2.00. The van der Waals surface area contributed by atoms with E-state index in [9.17, 15) is 18.5 Å². The van der Waals surface area contributed by atoms with Crippen molar-refractivity contribution in [2.45, 2.75) is 47.6 Å². The second-order valence-electron chi connectivity index (χ2n) is 4.98. The zero-order chi connectivity index (χ0) is 19.6. The largest absolute Gasteiger partial charge is 0.395 e. The molecule has 2 aromatic rings. The number of rotatable bonds is 3. The number of carbonyl (C=O) groups excluding carboxylic acids is 1. The maximum Gasteiger partial charge on any atom is 0.384 e. The fraction of sp³-hybridized carbons (Fsp3) is 0.444. The third kappa shape index (κ3) is 5.63. The topological polar surface area (TPSA) is 68.5 Å². The number of aryl methyl sites for hydroxylation is 1. The number of benzene rings is 1. The molecular formula is C18H25F2NO4. The van der Waals surface area contributed by atoms with Crippen molar-refractivity contribution in [1.29, 1.82) is 0 Å².